The van der Waals surface area contributed by atoms with Gasteiger partial charge in [0.05, 0.1) is 39.9 Å². The van der Waals surface area contributed by atoms with Gasteiger partial charge in [-0.1, -0.05) is 35.1 Å². The number of methoxy groups -OCH3 is 1. The van der Waals surface area contributed by atoms with Crippen LogP contribution in [0.3, 0.4) is 0 Å². The number of nitro benzene ring substituents is 1. The fourth-order valence-electron chi connectivity index (χ4n) is 4.36. The van der Waals surface area contributed by atoms with Gasteiger partial charge in [-0.3, -0.25) is 24.3 Å². The number of allylic oxidation sites excluding steroid dienone is 1. The first-order valence-electron chi connectivity index (χ1n) is 11.7. The minimum Gasteiger partial charge on any atom is -0.504 e. The molecule has 198 valence electrons. The quantitative estimate of drug-likeness (QED) is 0.351. The highest BCUT2D eigenvalue weighted by atomic mass is 35.5. The minimum atomic E-state index is -0.771. The number of aromatic hydroxyl groups is 1. The van der Waals surface area contributed by atoms with Gasteiger partial charge in [0.25, 0.3) is 17.2 Å². The van der Waals surface area contributed by atoms with Gasteiger partial charge in [-0.2, -0.15) is 0 Å². The molecule has 0 bridgehead atoms. The van der Waals surface area contributed by atoms with Gasteiger partial charge in [0, 0.05) is 29.7 Å². The summed E-state index contributed by atoms with van der Waals surface area (Å²) in [5.41, 5.74) is 0.798. The SMILES string of the molecule is CCN(CC)C(=O)C1=C(C)N=c2s/c(=C\c3cc([N+](=O)[O-])cc(OC)c3O)c(=O)n2[C@@H]1c1ccc(Cl)cc1. The lowest BCUT2D eigenvalue weighted by molar-refractivity contribution is -0.385. The van der Waals surface area contributed by atoms with E-state index in [1.807, 2.05) is 13.8 Å². The van der Waals surface area contributed by atoms with Crippen molar-refractivity contribution < 1.29 is 19.6 Å². The fourth-order valence-corrected chi connectivity index (χ4v) is 5.53. The zero-order valence-corrected chi connectivity index (χ0v) is 22.7. The molecule has 10 nitrogen and oxygen atoms in total. The molecule has 1 aliphatic rings. The van der Waals surface area contributed by atoms with Crippen LogP contribution in [0.15, 0.2) is 57.5 Å². The Morgan fingerprint density at radius 2 is 1.95 bits per heavy atom. The van der Waals surface area contributed by atoms with Crippen molar-refractivity contribution in [2.24, 2.45) is 4.99 Å². The smallest absolute Gasteiger partial charge is 0.274 e. The number of phenolic OH excluding ortho intramolecular Hbond substituents is 1. The molecule has 0 spiro atoms. The van der Waals surface area contributed by atoms with E-state index in [0.29, 0.717) is 39.7 Å². The number of rotatable bonds is 7. The standard InChI is InChI=1S/C26H25ClN4O6S/c1-5-29(6-2)25(34)21-14(3)28-26-30(22(21)15-7-9-17(27)10-8-15)24(33)20(38-26)12-16-11-18(31(35)36)13-19(37-4)23(16)32/h7-13,22,32H,5-6H2,1-4H3/b20-12-/t22-/m1/s1. The molecule has 4 rings (SSSR count). The number of ether oxygens (including phenoxy) is 1. The summed E-state index contributed by atoms with van der Waals surface area (Å²) in [7, 11) is 1.28. The van der Waals surface area contributed by atoms with Crippen LogP contribution in [0.5, 0.6) is 11.5 Å². The molecular formula is C26H25ClN4O6S. The van der Waals surface area contributed by atoms with Crippen molar-refractivity contribution in [3.8, 4) is 11.5 Å². The Bertz CT molecular complexity index is 1640. The topological polar surface area (TPSA) is 127 Å². The van der Waals surface area contributed by atoms with Crippen LogP contribution in [0.2, 0.25) is 5.02 Å². The van der Waals surface area contributed by atoms with Crippen LogP contribution < -0.4 is 19.6 Å². The molecule has 0 fully saturated rings. The predicted molar refractivity (Wildman–Crippen MR) is 144 cm³/mol. The Kier molecular flexibility index (Phi) is 7.70. The number of likely N-dealkylation sites (N-methyl/N-ethyl adjacent to an activating group) is 1. The van der Waals surface area contributed by atoms with Crippen LogP contribution >= 0.6 is 22.9 Å². The molecule has 1 N–H and O–H groups in total. The maximum Gasteiger partial charge on any atom is 0.274 e. The Morgan fingerprint density at radius 1 is 1.29 bits per heavy atom. The van der Waals surface area contributed by atoms with Gasteiger partial charge in [-0.25, -0.2) is 4.99 Å². The normalized spacial score (nSPS) is 15.2. The first-order valence-corrected chi connectivity index (χ1v) is 12.9. The Hall–Kier alpha value is -3.96. The van der Waals surface area contributed by atoms with Gasteiger partial charge in [0.1, 0.15) is 0 Å². The number of thiazole rings is 1. The molecule has 2 heterocycles. The highest BCUT2D eigenvalue weighted by Crippen LogP contribution is 2.35. The summed E-state index contributed by atoms with van der Waals surface area (Å²) in [5, 5.41) is 22.5. The number of non-ortho nitro benzene ring substituents is 1. The van der Waals surface area contributed by atoms with Crippen LogP contribution in [0.1, 0.15) is 37.9 Å². The maximum atomic E-state index is 13.8. The molecule has 0 aliphatic carbocycles. The summed E-state index contributed by atoms with van der Waals surface area (Å²) >= 11 is 7.17. The van der Waals surface area contributed by atoms with E-state index in [4.69, 9.17) is 16.3 Å². The van der Waals surface area contributed by atoms with Crippen LogP contribution in [-0.2, 0) is 4.79 Å². The number of carbonyl (C=O) groups is 1. The number of amides is 1. The Labute approximate surface area is 226 Å². The number of hydrogen-bond acceptors (Lipinski definition) is 8. The Balaban J connectivity index is 1.99. The van der Waals surface area contributed by atoms with Crippen molar-refractivity contribution in [2.45, 2.75) is 26.8 Å². The van der Waals surface area contributed by atoms with Crippen molar-refractivity contribution in [1.82, 2.24) is 9.47 Å². The summed E-state index contributed by atoms with van der Waals surface area (Å²) < 4.78 is 6.69. The molecule has 1 amide bonds. The van der Waals surface area contributed by atoms with E-state index in [-0.39, 0.29) is 33.2 Å². The van der Waals surface area contributed by atoms with E-state index in [9.17, 15) is 24.8 Å². The largest absolute Gasteiger partial charge is 0.504 e. The van der Waals surface area contributed by atoms with Crippen molar-refractivity contribution in [3.63, 3.8) is 0 Å². The van der Waals surface area contributed by atoms with E-state index >= 15 is 0 Å². The van der Waals surface area contributed by atoms with Crippen LogP contribution in [0.25, 0.3) is 6.08 Å². The van der Waals surface area contributed by atoms with Crippen molar-refractivity contribution in [2.75, 3.05) is 20.2 Å². The van der Waals surface area contributed by atoms with Gasteiger partial charge in [-0.15, -0.1) is 0 Å². The summed E-state index contributed by atoms with van der Waals surface area (Å²) in [6.07, 6.45) is 1.36. The van der Waals surface area contributed by atoms with Gasteiger partial charge in [0.15, 0.2) is 16.3 Å². The number of halogens is 1. The second-order valence-electron chi connectivity index (χ2n) is 8.45. The number of hydrogen-bond donors (Lipinski definition) is 1. The van der Waals surface area contributed by atoms with Crippen LogP contribution in [0.4, 0.5) is 5.69 Å². The third-order valence-electron chi connectivity index (χ3n) is 6.30. The minimum absolute atomic E-state index is 0.0412. The van der Waals surface area contributed by atoms with Gasteiger partial charge >= 0.3 is 0 Å². The summed E-state index contributed by atoms with van der Waals surface area (Å²) in [4.78, 5) is 44.8. The summed E-state index contributed by atoms with van der Waals surface area (Å²) in [6.45, 7) is 6.46. The number of nitro groups is 1. The van der Waals surface area contributed by atoms with E-state index < -0.39 is 16.5 Å². The van der Waals surface area contributed by atoms with Crippen LogP contribution in [0, 0.1) is 10.1 Å². The molecule has 2 aromatic carbocycles. The molecule has 1 aliphatic heterocycles. The third kappa shape index (κ3) is 4.82. The van der Waals surface area contributed by atoms with E-state index in [1.165, 1.54) is 17.8 Å². The lowest BCUT2D eigenvalue weighted by Gasteiger charge is -2.29. The molecular weight excluding hydrogens is 532 g/mol. The highest BCUT2D eigenvalue weighted by Gasteiger charge is 2.34. The zero-order valence-electron chi connectivity index (χ0n) is 21.1. The van der Waals surface area contributed by atoms with Gasteiger partial charge in [-0.05, 0) is 44.5 Å². The first kappa shape index (κ1) is 27.1. The Morgan fingerprint density at radius 3 is 2.53 bits per heavy atom. The molecule has 12 heteroatoms. The molecule has 1 aromatic heterocycles. The predicted octanol–water partition coefficient (Wildman–Crippen LogP) is 3.38. The number of carbonyl (C=O) groups excluding carboxylic acids is 1. The molecule has 0 saturated carbocycles. The number of nitrogens with zero attached hydrogens (tertiary/aromatic N) is 4. The molecule has 1 atom stereocenters. The fraction of sp³-hybridized carbons (Fsp3) is 0.269. The lowest BCUT2D eigenvalue weighted by Crippen LogP contribution is -2.43. The average molecular weight is 557 g/mol. The van der Waals surface area contributed by atoms with E-state index in [2.05, 4.69) is 4.99 Å². The second-order valence-corrected chi connectivity index (χ2v) is 9.90. The third-order valence-corrected chi connectivity index (χ3v) is 7.53. The van der Waals surface area contributed by atoms with Crippen molar-refractivity contribution in [1.29, 1.82) is 0 Å². The van der Waals surface area contributed by atoms with E-state index in [1.54, 1.807) is 36.1 Å². The van der Waals surface area contributed by atoms with Crippen molar-refractivity contribution >= 4 is 40.6 Å². The van der Waals surface area contributed by atoms with Crippen LogP contribution in [-0.4, -0.2) is 45.6 Å². The van der Waals surface area contributed by atoms with Gasteiger partial charge < -0.3 is 14.7 Å². The number of benzene rings is 2. The molecule has 0 saturated heterocycles. The maximum absolute atomic E-state index is 13.8. The number of phenols is 1. The highest BCUT2D eigenvalue weighted by molar-refractivity contribution is 7.07. The molecule has 0 unspecified atom stereocenters. The summed E-state index contributed by atoms with van der Waals surface area (Å²) in [6, 6.07) is 8.39. The number of fused-ring (bicyclic) bond motifs is 1. The number of aromatic nitrogens is 1. The molecule has 38 heavy (non-hydrogen) atoms. The molecule has 0 radical (unpaired) electrons. The lowest BCUT2D eigenvalue weighted by atomic mass is 9.94. The van der Waals surface area contributed by atoms with E-state index in [0.717, 1.165) is 23.5 Å². The molecule has 3 aromatic rings. The average Bonchev–Trinajstić information content (AvgIpc) is 3.19. The monoisotopic (exact) mass is 556 g/mol. The van der Waals surface area contributed by atoms with Gasteiger partial charge in [0.2, 0.25) is 0 Å². The summed E-state index contributed by atoms with van der Waals surface area (Å²) in [5.74, 6) is -0.668. The second kappa shape index (κ2) is 10.8. The zero-order chi connectivity index (χ0) is 27.7. The first-order chi connectivity index (χ1) is 18.1. The van der Waals surface area contributed by atoms with Crippen molar-refractivity contribution in [3.05, 3.63) is 93.6 Å².